The molecule has 0 spiro atoms. The van der Waals surface area contributed by atoms with Gasteiger partial charge in [0.05, 0.1) is 17.6 Å². The zero-order valence-corrected chi connectivity index (χ0v) is 10.6. The van der Waals surface area contributed by atoms with Crippen LogP contribution in [0.5, 0.6) is 0 Å². The van der Waals surface area contributed by atoms with E-state index in [1.165, 1.54) is 0 Å². The molecule has 1 aromatic rings. The van der Waals surface area contributed by atoms with Crippen LogP contribution >= 0.6 is 0 Å². The molecule has 17 heavy (non-hydrogen) atoms. The van der Waals surface area contributed by atoms with E-state index in [1.54, 1.807) is 0 Å². The van der Waals surface area contributed by atoms with Gasteiger partial charge >= 0.3 is 0 Å². The third-order valence-electron chi connectivity index (χ3n) is 3.38. The Morgan fingerprint density at radius 1 is 1.41 bits per heavy atom. The zero-order chi connectivity index (χ0) is 12.3. The lowest BCUT2D eigenvalue weighted by Gasteiger charge is -2.32. The van der Waals surface area contributed by atoms with Gasteiger partial charge in [0.25, 0.3) is 0 Å². The Morgan fingerprint density at radius 3 is 2.65 bits per heavy atom. The maximum Gasteiger partial charge on any atom is 0.0569 e. The smallest absolute Gasteiger partial charge is 0.0569 e. The summed E-state index contributed by atoms with van der Waals surface area (Å²) in [5.74, 6) is 0. The molecule has 2 rings (SSSR count). The molecule has 0 amide bonds. The molecule has 0 bridgehead atoms. The number of nitrogens with two attached hydrogens (primary N) is 1. The van der Waals surface area contributed by atoms with Gasteiger partial charge in [0.15, 0.2) is 0 Å². The lowest BCUT2D eigenvalue weighted by molar-refractivity contribution is 0.0855. The quantitative estimate of drug-likeness (QED) is 0.866. The minimum Gasteiger partial charge on any atom is -0.381 e. The average molecular weight is 235 g/mol. The average Bonchev–Trinajstić information content (AvgIpc) is 2.39. The van der Waals surface area contributed by atoms with E-state index in [2.05, 4.69) is 23.0 Å². The Hall–Kier alpha value is -1.13. The highest BCUT2D eigenvalue weighted by atomic mass is 16.5. The van der Waals surface area contributed by atoms with Gasteiger partial charge in [0, 0.05) is 32.3 Å². The van der Waals surface area contributed by atoms with Gasteiger partial charge in [-0.3, -0.25) is 4.98 Å². The van der Waals surface area contributed by atoms with Gasteiger partial charge in [-0.1, -0.05) is 0 Å². The first-order valence-electron chi connectivity index (χ1n) is 6.20. The summed E-state index contributed by atoms with van der Waals surface area (Å²) in [6.45, 7) is 3.67. The molecular weight excluding hydrogens is 214 g/mol. The number of aromatic nitrogens is 1. The highest BCUT2D eigenvalue weighted by Crippen LogP contribution is 2.21. The van der Waals surface area contributed by atoms with E-state index >= 15 is 0 Å². The van der Waals surface area contributed by atoms with Crippen molar-refractivity contribution >= 4 is 5.69 Å². The van der Waals surface area contributed by atoms with Crippen LogP contribution in [-0.4, -0.2) is 31.3 Å². The summed E-state index contributed by atoms with van der Waals surface area (Å²) in [5.41, 5.74) is 7.88. The Bertz CT molecular complexity index is 344. The van der Waals surface area contributed by atoms with Crippen molar-refractivity contribution in [3.05, 3.63) is 24.0 Å². The molecule has 0 aliphatic carbocycles. The standard InChI is InChI=1S/C13H21N3O/c1-10(14)13-4-3-12(9-15-13)16(2)11-5-7-17-8-6-11/h3-4,9-11H,5-8,14H2,1-2H3. The molecule has 1 saturated heterocycles. The van der Waals surface area contributed by atoms with Gasteiger partial charge in [-0.05, 0) is 31.9 Å². The number of nitrogens with zero attached hydrogens (tertiary/aromatic N) is 2. The summed E-state index contributed by atoms with van der Waals surface area (Å²) in [7, 11) is 2.12. The van der Waals surface area contributed by atoms with Crippen molar-refractivity contribution in [2.75, 3.05) is 25.2 Å². The topological polar surface area (TPSA) is 51.4 Å². The fourth-order valence-electron chi connectivity index (χ4n) is 2.16. The van der Waals surface area contributed by atoms with Gasteiger partial charge in [0.2, 0.25) is 0 Å². The van der Waals surface area contributed by atoms with Gasteiger partial charge in [-0.15, -0.1) is 0 Å². The SMILES string of the molecule is CC(N)c1ccc(N(C)C2CCOCC2)cn1. The highest BCUT2D eigenvalue weighted by molar-refractivity contribution is 5.45. The Kier molecular flexibility index (Phi) is 3.97. The molecular formula is C13H21N3O. The Morgan fingerprint density at radius 2 is 2.12 bits per heavy atom. The fraction of sp³-hybridized carbons (Fsp3) is 0.615. The first kappa shape index (κ1) is 12.3. The van der Waals surface area contributed by atoms with Crippen LogP contribution in [0.25, 0.3) is 0 Å². The third kappa shape index (κ3) is 2.96. The molecule has 1 aromatic heterocycles. The van der Waals surface area contributed by atoms with E-state index in [4.69, 9.17) is 10.5 Å². The summed E-state index contributed by atoms with van der Waals surface area (Å²) < 4.78 is 5.38. The molecule has 1 fully saturated rings. The van der Waals surface area contributed by atoms with Crippen molar-refractivity contribution in [3.63, 3.8) is 0 Å². The molecule has 94 valence electrons. The van der Waals surface area contributed by atoms with Crippen LogP contribution < -0.4 is 10.6 Å². The predicted molar refractivity (Wildman–Crippen MR) is 69.1 cm³/mol. The van der Waals surface area contributed by atoms with E-state index < -0.39 is 0 Å². The van der Waals surface area contributed by atoms with Crippen molar-refractivity contribution < 1.29 is 4.74 Å². The van der Waals surface area contributed by atoms with E-state index in [0.29, 0.717) is 6.04 Å². The Balaban J connectivity index is 2.05. The third-order valence-corrected chi connectivity index (χ3v) is 3.38. The monoisotopic (exact) mass is 235 g/mol. The number of rotatable bonds is 3. The minimum atomic E-state index is -0.00237. The van der Waals surface area contributed by atoms with Crippen LogP contribution in [0.1, 0.15) is 31.5 Å². The summed E-state index contributed by atoms with van der Waals surface area (Å²) in [4.78, 5) is 6.69. The number of pyridine rings is 1. The molecule has 4 heteroatoms. The Labute approximate surface area is 103 Å². The van der Waals surface area contributed by atoms with Crippen LogP contribution in [0.15, 0.2) is 18.3 Å². The van der Waals surface area contributed by atoms with Crippen molar-refractivity contribution in [1.82, 2.24) is 4.98 Å². The van der Waals surface area contributed by atoms with E-state index in [9.17, 15) is 0 Å². The van der Waals surface area contributed by atoms with E-state index in [0.717, 1.165) is 37.4 Å². The molecule has 0 aromatic carbocycles. The van der Waals surface area contributed by atoms with E-state index in [-0.39, 0.29) is 6.04 Å². The van der Waals surface area contributed by atoms with Gasteiger partial charge in [-0.2, -0.15) is 0 Å². The molecule has 0 radical (unpaired) electrons. The largest absolute Gasteiger partial charge is 0.381 e. The second kappa shape index (κ2) is 5.47. The van der Waals surface area contributed by atoms with Crippen molar-refractivity contribution in [1.29, 1.82) is 0 Å². The van der Waals surface area contributed by atoms with Crippen LogP contribution in [0.4, 0.5) is 5.69 Å². The van der Waals surface area contributed by atoms with Crippen LogP contribution in [-0.2, 0) is 4.74 Å². The number of ether oxygens (including phenoxy) is 1. The predicted octanol–water partition coefficient (Wildman–Crippen LogP) is 1.72. The van der Waals surface area contributed by atoms with Gasteiger partial charge in [-0.25, -0.2) is 0 Å². The van der Waals surface area contributed by atoms with Gasteiger partial charge in [0.1, 0.15) is 0 Å². The summed E-state index contributed by atoms with van der Waals surface area (Å²) in [6, 6.07) is 4.67. The molecule has 1 aliphatic rings. The number of hydrogen-bond donors (Lipinski definition) is 1. The second-order valence-corrected chi connectivity index (χ2v) is 4.68. The van der Waals surface area contributed by atoms with Crippen molar-refractivity contribution in [3.8, 4) is 0 Å². The summed E-state index contributed by atoms with van der Waals surface area (Å²) in [5, 5.41) is 0. The molecule has 2 heterocycles. The van der Waals surface area contributed by atoms with Crippen molar-refractivity contribution in [2.24, 2.45) is 5.73 Å². The maximum atomic E-state index is 5.79. The molecule has 2 N–H and O–H groups in total. The fourth-order valence-corrected chi connectivity index (χ4v) is 2.16. The van der Waals surface area contributed by atoms with Crippen LogP contribution in [0, 0.1) is 0 Å². The molecule has 1 aliphatic heterocycles. The number of hydrogen-bond acceptors (Lipinski definition) is 4. The first-order chi connectivity index (χ1) is 8.18. The molecule has 1 unspecified atom stereocenters. The van der Waals surface area contributed by atoms with E-state index in [1.807, 2.05) is 19.2 Å². The zero-order valence-electron chi connectivity index (χ0n) is 10.6. The first-order valence-corrected chi connectivity index (χ1v) is 6.20. The number of anilines is 1. The lowest BCUT2D eigenvalue weighted by atomic mass is 10.1. The van der Waals surface area contributed by atoms with Gasteiger partial charge < -0.3 is 15.4 Å². The maximum absolute atomic E-state index is 5.79. The summed E-state index contributed by atoms with van der Waals surface area (Å²) >= 11 is 0. The molecule has 4 nitrogen and oxygen atoms in total. The lowest BCUT2D eigenvalue weighted by Crippen LogP contribution is -2.36. The molecule has 1 atom stereocenters. The normalized spacial score (nSPS) is 19.0. The van der Waals surface area contributed by atoms with Crippen molar-refractivity contribution in [2.45, 2.75) is 31.8 Å². The second-order valence-electron chi connectivity index (χ2n) is 4.68. The minimum absolute atomic E-state index is 0.00237. The molecule has 0 saturated carbocycles. The highest BCUT2D eigenvalue weighted by Gasteiger charge is 2.18. The summed E-state index contributed by atoms with van der Waals surface area (Å²) in [6.07, 6.45) is 4.09. The van der Waals surface area contributed by atoms with Crippen LogP contribution in [0.2, 0.25) is 0 Å². The van der Waals surface area contributed by atoms with Crippen LogP contribution in [0.3, 0.4) is 0 Å².